The third-order valence-corrected chi connectivity index (χ3v) is 4.32. The second-order valence-electron chi connectivity index (χ2n) is 4.15. The van der Waals surface area contributed by atoms with Crippen molar-refractivity contribution in [2.75, 3.05) is 13.2 Å². The van der Waals surface area contributed by atoms with Crippen LogP contribution in [0, 0.1) is 0 Å². The number of rotatable bonds is 4. The molecule has 0 aliphatic carbocycles. The fourth-order valence-corrected chi connectivity index (χ4v) is 3.04. The predicted molar refractivity (Wildman–Crippen MR) is 69.5 cm³/mol. The van der Waals surface area contributed by atoms with Gasteiger partial charge < -0.3 is 10.5 Å². The molecule has 16 heavy (non-hydrogen) atoms. The van der Waals surface area contributed by atoms with E-state index in [1.54, 1.807) is 0 Å². The van der Waals surface area contributed by atoms with Crippen LogP contribution in [0.1, 0.15) is 24.0 Å². The zero-order valence-electron chi connectivity index (χ0n) is 9.52. The summed E-state index contributed by atoms with van der Waals surface area (Å²) >= 11 is 2.05. The van der Waals surface area contributed by atoms with Crippen molar-refractivity contribution in [2.24, 2.45) is 5.73 Å². The Hall–Kier alpha value is -0.510. The molecule has 1 saturated heterocycles. The molecule has 0 unspecified atom stereocenters. The quantitative estimate of drug-likeness (QED) is 0.874. The molecule has 0 spiro atoms. The van der Waals surface area contributed by atoms with Crippen molar-refractivity contribution in [3.05, 3.63) is 35.4 Å². The Morgan fingerprint density at radius 3 is 2.75 bits per heavy atom. The number of thioether (sulfide) groups is 1. The maximum Gasteiger partial charge on any atom is 0.0476 e. The summed E-state index contributed by atoms with van der Waals surface area (Å²) in [7, 11) is 0. The summed E-state index contributed by atoms with van der Waals surface area (Å²) in [5.41, 5.74) is 8.25. The molecule has 1 heterocycles. The Morgan fingerprint density at radius 1 is 1.25 bits per heavy atom. The lowest BCUT2D eigenvalue weighted by atomic mass is 10.1. The van der Waals surface area contributed by atoms with Crippen LogP contribution in [-0.2, 0) is 17.0 Å². The highest BCUT2D eigenvalue weighted by atomic mass is 32.2. The minimum atomic E-state index is 0.635. The number of benzene rings is 1. The number of nitrogens with two attached hydrogens (primary N) is 1. The average molecular weight is 237 g/mol. The van der Waals surface area contributed by atoms with Crippen molar-refractivity contribution in [2.45, 2.75) is 30.4 Å². The highest BCUT2D eigenvalue weighted by molar-refractivity contribution is 7.99. The monoisotopic (exact) mass is 237 g/mol. The first-order valence-electron chi connectivity index (χ1n) is 5.85. The molecule has 0 amide bonds. The van der Waals surface area contributed by atoms with Crippen LogP contribution in [0.4, 0.5) is 0 Å². The van der Waals surface area contributed by atoms with Gasteiger partial charge in [0, 0.05) is 30.8 Å². The summed E-state index contributed by atoms with van der Waals surface area (Å²) in [5, 5.41) is 0.773. The van der Waals surface area contributed by atoms with E-state index in [0.29, 0.717) is 6.54 Å². The normalized spacial score (nSPS) is 17.6. The molecular formula is C13H19NOS. The summed E-state index contributed by atoms with van der Waals surface area (Å²) in [6, 6.07) is 8.59. The van der Waals surface area contributed by atoms with Gasteiger partial charge in [-0.2, -0.15) is 11.8 Å². The SMILES string of the molecule is NCc1cccc(CSC2CCOCC2)c1. The number of hydrogen-bond acceptors (Lipinski definition) is 3. The van der Waals surface area contributed by atoms with Gasteiger partial charge in [0.15, 0.2) is 0 Å². The highest BCUT2D eigenvalue weighted by Crippen LogP contribution is 2.25. The molecule has 2 N–H and O–H groups in total. The lowest BCUT2D eigenvalue weighted by Crippen LogP contribution is -2.17. The molecule has 1 aliphatic rings. The van der Waals surface area contributed by atoms with Crippen LogP contribution < -0.4 is 5.73 Å². The largest absolute Gasteiger partial charge is 0.381 e. The van der Waals surface area contributed by atoms with E-state index in [9.17, 15) is 0 Å². The fourth-order valence-electron chi connectivity index (χ4n) is 1.90. The van der Waals surface area contributed by atoms with E-state index in [1.165, 1.54) is 24.0 Å². The van der Waals surface area contributed by atoms with Gasteiger partial charge in [-0.05, 0) is 24.0 Å². The van der Waals surface area contributed by atoms with E-state index in [-0.39, 0.29) is 0 Å². The van der Waals surface area contributed by atoms with E-state index in [0.717, 1.165) is 24.2 Å². The van der Waals surface area contributed by atoms with E-state index in [1.807, 2.05) is 11.8 Å². The van der Waals surface area contributed by atoms with Crippen molar-refractivity contribution in [1.82, 2.24) is 0 Å². The summed E-state index contributed by atoms with van der Waals surface area (Å²) in [5.74, 6) is 1.10. The molecule has 1 aliphatic heterocycles. The molecule has 3 heteroatoms. The Kier molecular flexibility index (Phi) is 4.69. The Balaban J connectivity index is 1.83. The molecule has 88 valence electrons. The van der Waals surface area contributed by atoms with Gasteiger partial charge in [-0.15, -0.1) is 0 Å². The van der Waals surface area contributed by atoms with E-state index in [2.05, 4.69) is 24.3 Å². The van der Waals surface area contributed by atoms with Crippen molar-refractivity contribution >= 4 is 11.8 Å². The second kappa shape index (κ2) is 6.28. The Labute approximate surface area is 102 Å². The third-order valence-electron chi connectivity index (χ3n) is 2.88. The smallest absolute Gasteiger partial charge is 0.0476 e. The summed E-state index contributed by atoms with van der Waals surface area (Å²) < 4.78 is 5.36. The molecule has 1 fully saturated rings. The predicted octanol–water partition coefficient (Wildman–Crippen LogP) is 2.56. The standard InChI is InChI=1S/C13H19NOS/c14-9-11-2-1-3-12(8-11)10-16-13-4-6-15-7-5-13/h1-3,8,13H,4-7,9-10,14H2. The molecule has 1 aromatic rings. The molecule has 1 aromatic carbocycles. The first-order chi connectivity index (χ1) is 7.88. The van der Waals surface area contributed by atoms with Crippen LogP contribution in [0.3, 0.4) is 0 Å². The van der Waals surface area contributed by atoms with Crippen LogP contribution in [0.25, 0.3) is 0 Å². The molecular weight excluding hydrogens is 218 g/mol. The van der Waals surface area contributed by atoms with Crippen molar-refractivity contribution < 1.29 is 4.74 Å². The van der Waals surface area contributed by atoms with Gasteiger partial charge in [0.25, 0.3) is 0 Å². The van der Waals surface area contributed by atoms with Crippen molar-refractivity contribution in [3.8, 4) is 0 Å². The minimum absolute atomic E-state index is 0.635. The molecule has 0 aromatic heterocycles. The zero-order valence-corrected chi connectivity index (χ0v) is 10.3. The molecule has 2 rings (SSSR count). The molecule has 2 nitrogen and oxygen atoms in total. The van der Waals surface area contributed by atoms with Crippen LogP contribution in [-0.4, -0.2) is 18.5 Å². The van der Waals surface area contributed by atoms with Gasteiger partial charge in [-0.1, -0.05) is 24.3 Å². The average Bonchev–Trinajstić information content (AvgIpc) is 2.38. The van der Waals surface area contributed by atoms with E-state index < -0.39 is 0 Å². The van der Waals surface area contributed by atoms with Crippen molar-refractivity contribution in [3.63, 3.8) is 0 Å². The van der Waals surface area contributed by atoms with Crippen LogP contribution in [0.5, 0.6) is 0 Å². The van der Waals surface area contributed by atoms with Crippen LogP contribution in [0.2, 0.25) is 0 Å². The topological polar surface area (TPSA) is 35.2 Å². The Bertz CT molecular complexity index is 323. The lowest BCUT2D eigenvalue weighted by molar-refractivity contribution is 0.1000. The highest BCUT2D eigenvalue weighted by Gasteiger charge is 2.13. The third kappa shape index (κ3) is 3.51. The van der Waals surface area contributed by atoms with Gasteiger partial charge in [0.1, 0.15) is 0 Å². The van der Waals surface area contributed by atoms with Crippen LogP contribution in [0.15, 0.2) is 24.3 Å². The zero-order chi connectivity index (χ0) is 11.2. The first-order valence-corrected chi connectivity index (χ1v) is 6.90. The minimum Gasteiger partial charge on any atom is -0.381 e. The van der Waals surface area contributed by atoms with Gasteiger partial charge in [-0.3, -0.25) is 0 Å². The number of ether oxygens (including phenoxy) is 1. The lowest BCUT2D eigenvalue weighted by Gasteiger charge is -2.21. The molecule has 0 radical (unpaired) electrons. The summed E-state index contributed by atoms with van der Waals surface area (Å²) in [6.07, 6.45) is 2.39. The first kappa shape index (κ1) is 12.0. The molecule has 0 bridgehead atoms. The van der Waals surface area contributed by atoms with Crippen molar-refractivity contribution in [1.29, 1.82) is 0 Å². The van der Waals surface area contributed by atoms with Gasteiger partial charge in [0.2, 0.25) is 0 Å². The molecule has 0 atom stereocenters. The molecule has 0 saturated carbocycles. The Morgan fingerprint density at radius 2 is 2.00 bits per heavy atom. The van der Waals surface area contributed by atoms with Crippen LogP contribution >= 0.6 is 11.8 Å². The maximum atomic E-state index is 5.63. The second-order valence-corrected chi connectivity index (χ2v) is 5.44. The van der Waals surface area contributed by atoms with Gasteiger partial charge >= 0.3 is 0 Å². The summed E-state index contributed by atoms with van der Waals surface area (Å²) in [6.45, 7) is 2.50. The maximum absolute atomic E-state index is 5.63. The van der Waals surface area contributed by atoms with Gasteiger partial charge in [-0.25, -0.2) is 0 Å². The van der Waals surface area contributed by atoms with E-state index in [4.69, 9.17) is 10.5 Å². The fraction of sp³-hybridized carbons (Fsp3) is 0.538. The van der Waals surface area contributed by atoms with Gasteiger partial charge in [0.05, 0.1) is 0 Å². The van der Waals surface area contributed by atoms with E-state index >= 15 is 0 Å². The summed E-state index contributed by atoms with van der Waals surface area (Å²) in [4.78, 5) is 0. The number of hydrogen-bond donors (Lipinski definition) is 1.